The monoisotopic (exact) mass is 370 g/mol. The molecule has 2 aromatic heterocycles. The molecule has 5 rings (SSSR count). The summed E-state index contributed by atoms with van der Waals surface area (Å²) >= 11 is 1.45. The first-order chi connectivity index (χ1) is 12.7. The Morgan fingerprint density at radius 3 is 2.85 bits per heavy atom. The van der Waals surface area contributed by atoms with Gasteiger partial charge in [0.05, 0.1) is 4.88 Å². The molecule has 0 aliphatic carbocycles. The second-order valence-corrected chi connectivity index (χ2v) is 8.77. The van der Waals surface area contributed by atoms with Crippen molar-refractivity contribution in [1.82, 2.24) is 20.1 Å². The van der Waals surface area contributed by atoms with E-state index in [1.54, 1.807) is 6.20 Å². The highest BCUT2D eigenvalue weighted by molar-refractivity contribution is 7.20. The molecule has 2 aromatic rings. The van der Waals surface area contributed by atoms with Crippen LogP contribution in [0.15, 0.2) is 18.3 Å². The van der Waals surface area contributed by atoms with Crippen LogP contribution in [0.2, 0.25) is 0 Å². The topological polar surface area (TPSA) is 65.5 Å². The van der Waals surface area contributed by atoms with Crippen LogP contribution in [0.4, 0.5) is 0 Å². The summed E-state index contributed by atoms with van der Waals surface area (Å²) in [7, 11) is 0. The fraction of sp³-hybridized carbons (Fsp3) is 0.526. The molecule has 6 nitrogen and oxygen atoms in total. The number of aromatic nitrogens is 1. The van der Waals surface area contributed by atoms with Crippen LogP contribution < -0.4 is 5.32 Å². The molecule has 2 amide bonds. The number of fused-ring (bicyclic) bond motifs is 3. The number of likely N-dealkylation sites (tertiary alicyclic amines) is 1. The van der Waals surface area contributed by atoms with E-state index in [0.29, 0.717) is 5.69 Å². The minimum absolute atomic E-state index is 0.0928. The lowest BCUT2D eigenvalue weighted by molar-refractivity contribution is 0.0657. The molecule has 3 aliphatic heterocycles. The van der Waals surface area contributed by atoms with Gasteiger partial charge in [0.25, 0.3) is 11.8 Å². The zero-order valence-corrected chi connectivity index (χ0v) is 15.4. The molecule has 0 radical (unpaired) electrons. The predicted octanol–water partition coefficient (Wildman–Crippen LogP) is 1.97. The van der Waals surface area contributed by atoms with E-state index in [-0.39, 0.29) is 17.9 Å². The summed E-state index contributed by atoms with van der Waals surface area (Å²) in [4.78, 5) is 34.4. The van der Waals surface area contributed by atoms with Gasteiger partial charge in [-0.15, -0.1) is 11.3 Å². The summed E-state index contributed by atoms with van der Waals surface area (Å²) in [6.07, 6.45) is 5.11. The number of amides is 2. The number of rotatable bonds is 3. The first-order valence-corrected chi connectivity index (χ1v) is 10.2. The lowest BCUT2D eigenvalue weighted by Crippen LogP contribution is -2.47. The minimum atomic E-state index is -0.108. The van der Waals surface area contributed by atoms with Crippen molar-refractivity contribution in [3.05, 3.63) is 28.9 Å². The number of pyridine rings is 1. The average Bonchev–Trinajstić information content (AvgIpc) is 3.15. The second-order valence-electron chi connectivity index (χ2n) is 7.68. The molecule has 1 N–H and O–H groups in total. The Labute approximate surface area is 156 Å². The molecular weight excluding hydrogens is 348 g/mol. The van der Waals surface area contributed by atoms with E-state index in [4.69, 9.17) is 0 Å². The van der Waals surface area contributed by atoms with Gasteiger partial charge in [0.2, 0.25) is 0 Å². The maximum atomic E-state index is 12.6. The molecule has 1 unspecified atom stereocenters. The Hall–Kier alpha value is -1.99. The highest BCUT2D eigenvalue weighted by Crippen LogP contribution is 2.29. The van der Waals surface area contributed by atoms with Crippen LogP contribution in [0, 0.1) is 5.92 Å². The van der Waals surface area contributed by atoms with E-state index in [2.05, 4.69) is 15.2 Å². The number of hydrogen-bond donors (Lipinski definition) is 1. The van der Waals surface area contributed by atoms with Crippen LogP contribution in [0.5, 0.6) is 0 Å². The zero-order chi connectivity index (χ0) is 17.7. The molecule has 0 spiro atoms. The fourth-order valence-electron chi connectivity index (χ4n) is 4.26. The third-order valence-corrected chi connectivity index (χ3v) is 6.88. The maximum Gasteiger partial charge on any atom is 0.270 e. The van der Waals surface area contributed by atoms with E-state index >= 15 is 0 Å². The average molecular weight is 370 g/mol. The summed E-state index contributed by atoms with van der Waals surface area (Å²) in [5, 5.41) is 4.08. The number of thiophene rings is 1. The van der Waals surface area contributed by atoms with Gasteiger partial charge < -0.3 is 15.1 Å². The van der Waals surface area contributed by atoms with Gasteiger partial charge in [0, 0.05) is 48.5 Å². The van der Waals surface area contributed by atoms with Crippen LogP contribution in [0.1, 0.15) is 39.4 Å². The molecule has 7 heteroatoms. The van der Waals surface area contributed by atoms with E-state index in [1.807, 2.05) is 17.0 Å². The van der Waals surface area contributed by atoms with Gasteiger partial charge in [-0.3, -0.25) is 14.6 Å². The van der Waals surface area contributed by atoms with E-state index in [9.17, 15) is 9.59 Å². The number of nitrogens with one attached hydrogen (secondary N) is 1. The number of carbonyl (C=O) groups excluding carboxylic acids is 2. The largest absolute Gasteiger partial charge is 0.347 e. The van der Waals surface area contributed by atoms with Crippen molar-refractivity contribution in [2.75, 3.05) is 32.7 Å². The first-order valence-electron chi connectivity index (χ1n) is 9.38. The van der Waals surface area contributed by atoms with Gasteiger partial charge >= 0.3 is 0 Å². The number of nitrogens with zero attached hydrogens (tertiary/aromatic N) is 3. The van der Waals surface area contributed by atoms with Crippen LogP contribution in [0.3, 0.4) is 0 Å². The number of hydrogen-bond acceptors (Lipinski definition) is 5. The summed E-state index contributed by atoms with van der Waals surface area (Å²) in [6, 6.07) is 3.93. The van der Waals surface area contributed by atoms with Crippen molar-refractivity contribution in [3.63, 3.8) is 0 Å². The lowest BCUT2D eigenvalue weighted by Gasteiger charge is -2.30. The van der Waals surface area contributed by atoms with Gasteiger partial charge in [-0.2, -0.15) is 0 Å². The summed E-state index contributed by atoms with van der Waals surface area (Å²) in [6.45, 7) is 4.97. The third-order valence-electron chi connectivity index (χ3n) is 5.79. The highest BCUT2D eigenvalue weighted by atomic mass is 32.1. The summed E-state index contributed by atoms with van der Waals surface area (Å²) in [5.74, 6) is 0.704. The van der Waals surface area contributed by atoms with Gasteiger partial charge in [-0.25, -0.2) is 0 Å². The molecule has 136 valence electrons. The summed E-state index contributed by atoms with van der Waals surface area (Å²) in [5.41, 5.74) is 0.440. The van der Waals surface area contributed by atoms with Crippen LogP contribution in [-0.2, 0) is 0 Å². The molecule has 5 heterocycles. The molecule has 3 saturated heterocycles. The smallest absolute Gasteiger partial charge is 0.270 e. The van der Waals surface area contributed by atoms with Crippen molar-refractivity contribution in [2.24, 2.45) is 5.92 Å². The maximum absolute atomic E-state index is 12.6. The molecule has 0 aromatic carbocycles. The van der Waals surface area contributed by atoms with Crippen molar-refractivity contribution >= 4 is 33.2 Å². The molecular formula is C19H22N4O2S. The van der Waals surface area contributed by atoms with Gasteiger partial charge in [-0.1, -0.05) is 0 Å². The van der Waals surface area contributed by atoms with E-state index in [1.165, 1.54) is 24.3 Å². The van der Waals surface area contributed by atoms with Crippen LogP contribution >= 0.6 is 11.3 Å². The van der Waals surface area contributed by atoms with E-state index < -0.39 is 0 Å². The van der Waals surface area contributed by atoms with Crippen molar-refractivity contribution < 1.29 is 9.59 Å². The third kappa shape index (κ3) is 2.89. The van der Waals surface area contributed by atoms with Crippen molar-refractivity contribution in [1.29, 1.82) is 0 Å². The number of piperidine rings is 1. The van der Waals surface area contributed by atoms with Crippen molar-refractivity contribution in [3.8, 4) is 0 Å². The molecule has 3 atom stereocenters. The summed E-state index contributed by atoms with van der Waals surface area (Å²) < 4.78 is 0.946. The Morgan fingerprint density at radius 2 is 2.08 bits per heavy atom. The standard InChI is InChI=1S/C19H22N4O2S/c24-18(21-14-6-12-2-5-22(10-12)11-14)15-8-16-13(9-20-15)7-17(26-16)19(25)23-3-1-4-23/h7-9,12,14H,1-6,10-11H2,(H,21,24)/t12-,14-/m1/s1. The van der Waals surface area contributed by atoms with Gasteiger partial charge in [0.1, 0.15) is 5.69 Å². The van der Waals surface area contributed by atoms with E-state index in [0.717, 1.165) is 59.9 Å². The molecule has 26 heavy (non-hydrogen) atoms. The van der Waals surface area contributed by atoms with Crippen molar-refractivity contribution in [2.45, 2.75) is 25.3 Å². The number of carbonyl (C=O) groups is 2. The predicted molar refractivity (Wildman–Crippen MR) is 101 cm³/mol. The quantitative estimate of drug-likeness (QED) is 0.897. The molecule has 0 saturated carbocycles. The van der Waals surface area contributed by atoms with Crippen LogP contribution in [-0.4, -0.2) is 65.4 Å². The lowest BCUT2D eigenvalue weighted by atomic mass is 9.97. The van der Waals surface area contributed by atoms with Gasteiger partial charge in [-0.05, 0) is 43.9 Å². The Morgan fingerprint density at radius 1 is 1.19 bits per heavy atom. The zero-order valence-electron chi connectivity index (χ0n) is 14.6. The first kappa shape index (κ1) is 16.2. The normalized spacial score (nSPS) is 27.4. The molecule has 3 fully saturated rings. The SMILES string of the molecule is O=C(N[C@@H]1C[C@H]2CCN(C2)C1)c1cc2sc(C(=O)N3CCC3)cc2cn1. The molecule has 3 aliphatic rings. The van der Waals surface area contributed by atoms with Gasteiger partial charge in [0.15, 0.2) is 0 Å². The Balaban J connectivity index is 1.32. The Bertz CT molecular complexity index is 864. The Kier molecular flexibility index (Phi) is 3.94. The fourth-order valence-corrected chi connectivity index (χ4v) is 5.30. The minimum Gasteiger partial charge on any atom is -0.347 e. The van der Waals surface area contributed by atoms with Crippen LogP contribution in [0.25, 0.3) is 10.1 Å². The highest BCUT2D eigenvalue weighted by Gasteiger charge is 2.33. The second kappa shape index (κ2) is 6.32. The molecule has 2 bridgehead atoms.